The Labute approximate surface area is 110 Å². The first-order valence-corrected chi connectivity index (χ1v) is 5.91. The van der Waals surface area contributed by atoms with E-state index in [0.717, 1.165) is 0 Å². The summed E-state index contributed by atoms with van der Waals surface area (Å²) < 4.78 is 10.9. The van der Waals surface area contributed by atoms with Gasteiger partial charge in [-0.05, 0) is 13.8 Å². The molecule has 1 aliphatic heterocycles. The number of ether oxygens (including phenoxy) is 2. The minimum absolute atomic E-state index is 0.156. The van der Waals surface area contributed by atoms with Crippen molar-refractivity contribution in [3.8, 4) is 0 Å². The molecule has 1 aliphatic rings. The summed E-state index contributed by atoms with van der Waals surface area (Å²) in [6, 6.07) is 0. The van der Waals surface area contributed by atoms with E-state index in [2.05, 4.69) is 15.3 Å². The van der Waals surface area contributed by atoms with E-state index in [1.165, 1.54) is 12.4 Å². The lowest BCUT2D eigenvalue weighted by Gasteiger charge is -2.17. The highest BCUT2D eigenvalue weighted by Gasteiger charge is 2.32. The van der Waals surface area contributed by atoms with Gasteiger partial charge in [0.2, 0.25) is 0 Å². The molecule has 0 radical (unpaired) electrons. The van der Waals surface area contributed by atoms with E-state index in [0.29, 0.717) is 13.2 Å². The quantitative estimate of drug-likeness (QED) is 0.888. The molecule has 1 unspecified atom stereocenters. The zero-order chi connectivity index (χ0) is 13.2. The number of carbonyl (C=O) groups excluding carboxylic acids is 1. The van der Waals surface area contributed by atoms with Crippen molar-refractivity contribution in [2.45, 2.75) is 25.7 Å². The first kappa shape index (κ1) is 13.2. The fourth-order valence-corrected chi connectivity index (χ4v) is 1.76. The molecule has 6 nitrogen and oxygen atoms in total. The molecule has 1 aromatic heterocycles. The maximum atomic E-state index is 11.7. The molecule has 98 valence electrons. The minimum atomic E-state index is -0.592. The van der Waals surface area contributed by atoms with E-state index >= 15 is 0 Å². The second-order valence-electron chi connectivity index (χ2n) is 4.39. The fourth-order valence-electron chi connectivity index (χ4n) is 1.61. The summed E-state index contributed by atoms with van der Waals surface area (Å²) in [4.78, 5) is 19.4. The minimum Gasteiger partial charge on any atom is -0.348 e. The number of nitrogens with one attached hydrogen (secondary N) is 1. The van der Waals surface area contributed by atoms with Gasteiger partial charge in [-0.1, -0.05) is 11.6 Å². The van der Waals surface area contributed by atoms with E-state index in [4.69, 9.17) is 21.1 Å². The van der Waals surface area contributed by atoms with E-state index in [9.17, 15) is 4.79 Å². The average molecular weight is 272 g/mol. The van der Waals surface area contributed by atoms with Crippen LogP contribution in [0.4, 0.5) is 0 Å². The van der Waals surface area contributed by atoms with Gasteiger partial charge < -0.3 is 14.8 Å². The van der Waals surface area contributed by atoms with E-state index in [1.807, 2.05) is 13.8 Å². The first-order valence-electron chi connectivity index (χ1n) is 5.54. The Balaban J connectivity index is 1.86. The third-order valence-corrected chi connectivity index (χ3v) is 2.58. The molecule has 7 heteroatoms. The monoisotopic (exact) mass is 271 g/mol. The number of rotatable bonds is 3. The zero-order valence-electron chi connectivity index (χ0n) is 10.1. The van der Waals surface area contributed by atoms with Crippen molar-refractivity contribution in [1.29, 1.82) is 0 Å². The molecule has 0 saturated carbocycles. The van der Waals surface area contributed by atoms with Crippen LogP contribution < -0.4 is 5.32 Å². The molecule has 2 heterocycles. The van der Waals surface area contributed by atoms with Crippen molar-refractivity contribution in [3.05, 3.63) is 23.2 Å². The summed E-state index contributed by atoms with van der Waals surface area (Å²) in [5, 5.41) is 2.89. The summed E-state index contributed by atoms with van der Waals surface area (Å²) in [5.74, 6) is -0.927. The maximum Gasteiger partial charge on any atom is 0.271 e. The number of hydrogen-bond donors (Lipinski definition) is 1. The van der Waals surface area contributed by atoms with E-state index in [-0.39, 0.29) is 22.9 Å². The van der Waals surface area contributed by atoms with Crippen molar-refractivity contribution >= 4 is 17.5 Å². The Morgan fingerprint density at radius 1 is 1.61 bits per heavy atom. The van der Waals surface area contributed by atoms with Gasteiger partial charge in [0.15, 0.2) is 5.79 Å². The Kier molecular flexibility index (Phi) is 3.79. The number of amides is 1. The van der Waals surface area contributed by atoms with Crippen LogP contribution in [0.3, 0.4) is 0 Å². The van der Waals surface area contributed by atoms with Gasteiger partial charge in [0.25, 0.3) is 5.91 Å². The number of halogens is 1. The predicted molar refractivity (Wildman–Crippen MR) is 64.3 cm³/mol. The molecule has 1 N–H and O–H groups in total. The maximum absolute atomic E-state index is 11.7. The molecule has 18 heavy (non-hydrogen) atoms. The van der Waals surface area contributed by atoms with Gasteiger partial charge >= 0.3 is 0 Å². The number of aromatic nitrogens is 2. The van der Waals surface area contributed by atoms with Crippen LogP contribution in [0, 0.1) is 0 Å². The predicted octanol–water partition coefficient (Wildman–Crippen LogP) is 1.01. The Bertz CT molecular complexity index is 453. The summed E-state index contributed by atoms with van der Waals surface area (Å²) >= 11 is 5.66. The number of hydrogen-bond acceptors (Lipinski definition) is 5. The molecule has 1 saturated heterocycles. The zero-order valence-corrected chi connectivity index (χ0v) is 10.9. The lowest BCUT2D eigenvalue weighted by molar-refractivity contribution is -0.137. The van der Waals surface area contributed by atoms with Crippen LogP contribution in [0.15, 0.2) is 12.4 Å². The van der Waals surface area contributed by atoms with Gasteiger partial charge in [-0.25, -0.2) is 4.98 Å². The molecule has 0 aliphatic carbocycles. The molecular weight excluding hydrogens is 258 g/mol. The largest absolute Gasteiger partial charge is 0.348 e. The van der Waals surface area contributed by atoms with Crippen LogP contribution >= 0.6 is 11.6 Å². The highest BCUT2D eigenvalue weighted by molar-refractivity contribution is 6.29. The van der Waals surface area contributed by atoms with Crippen LogP contribution in [0.5, 0.6) is 0 Å². The van der Waals surface area contributed by atoms with E-state index in [1.54, 1.807) is 0 Å². The molecule has 0 spiro atoms. The van der Waals surface area contributed by atoms with Gasteiger partial charge in [-0.15, -0.1) is 0 Å². The lowest BCUT2D eigenvalue weighted by Crippen LogP contribution is -2.34. The van der Waals surface area contributed by atoms with Gasteiger partial charge in [0.05, 0.1) is 19.0 Å². The molecule has 0 bridgehead atoms. The molecule has 2 rings (SSSR count). The van der Waals surface area contributed by atoms with Crippen molar-refractivity contribution in [3.63, 3.8) is 0 Å². The number of carbonyl (C=O) groups is 1. The van der Waals surface area contributed by atoms with Crippen molar-refractivity contribution in [2.24, 2.45) is 0 Å². The standard InChI is InChI=1S/C11H14ClN3O3/c1-11(2)17-6-7(18-11)3-14-10(16)8-4-13-5-9(12)15-8/h4-5,7H,3,6H2,1-2H3,(H,14,16). The van der Waals surface area contributed by atoms with Crippen molar-refractivity contribution in [2.75, 3.05) is 13.2 Å². The highest BCUT2D eigenvalue weighted by Crippen LogP contribution is 2.21. The molecule has 1 aromatic rings. The van der Waals surface area contributed by atoms with E-state index < -0.39 is 5.79 Å². The third kappa shape index (κ3) is 3.38. The molecule has 1 atom stereocenters. The highest BCUT2D eigenvalue weighted by atomic mass is 35.5. The normalized spacial score (nSPS) is 21.8. The molecular formula is C11H14ClN3O3. The second-order valence-corrected chi connectivity index (χ2v) is 4.78. The topological polar surface area (TPSA) is 73.3 Å². The first-order chi connectivity index (χ1) is 8.46. The van der Waals surface area contributed by atoms with Gasteiger partial charge in [0, 0.05) is 6.54 Å². The number of nitrogens with zero attached hydrogens (tertiary/aromatic N) is 2. The lowest BCUT2D eigenvalue weighted by atomic mass is 10.3. The van der Waals surface area contributed by atoms with Crippen molar-refractivity contribution < 1.29 is 14.3 Å². The summed E-state index contributed by atoms with van der Waals surface area (Å²) in [6.45, 7) is 4.47. The van der Waals surface area contributed by atoms with Crippen LogP contribution in [0.1, 0.15) is 24.3 Å². The van der Waals surface area contributed by atoms with Gasteiger partial charge in [-0.3, -0.25) is 9.78 Å². The van der Waals surface area contributed by atoms with Gasteiger partial charge in [-0.2, -0.15) is 0 Å². The average Bonchev–Trinajstić information content (AvgIpc) is 2.66. The van der Waals surface area contributed by atoms with Crippen LogP contribution in [0.25, 0.3) is 0 Å². The van der Waals surface area contributed by atoms with Crippen molar-refractivity contribution in [1.82, 2.24) is 15.3 Å². The van der Waals surface area contributed by atoms with Crippen LogP contribution in [-0.4, -0.2) is 40.9 Å². The Morgan fingerprint density at radius 2 is 2.39 bits per heavy atom. The fraction of sp³-hybridized carbons (Fsp3) is 0.545. The second kappa shape index (κ2) is 5.17. The summed E-state index contributed by atoms with van der Waals surface area (Å²) in [5.41, 5.74) is 0.181. The molecule has 1 amide bonds. The Morgan fingerprint density at radius 3 is 3.00 bits per heavy atom. The van der Waals surface area contributed by atoms with Crippen LogP contribution in [-0.2, 0) is 9.47 Å². The third-order valence-electron chi connectivity index (χ3n) is 2.40. The summed E-state index contributed by atoms with van der Waals surface area (Å²) in [7, 11) is 0. The molecule has 0 aromatic carbocycles. The summed E-state index contributed by atoms with van der Waals surface area (Å²) in [6.07, 6.45) is 2.57. The Hall–Kier alpha value is -1.24. The molecule has 1 fully saturated rings. The van der Waals surface area contributed by atoms with Crippen LogP contribution in [0.2, 0.25) is 5.15 Å². The SMILES string of the molecule is CC1(C)OCC(CNC(=O)c2cncc(Cl)n2)O1. The van der Waals surface area contributed by atoms with Gasteiger partial charge in [0.1, 0.15) is 17.0 Å². The smallest absolute Gasteiger partial charge is 0.271 e.